The lowest BCUT2D eigenvalue weighted by Crippen LogP contribution is -2.50. The van der Waals surface area contributed by atoms with Crippen LogP contribution in [0.3, 0.4) is 0 Å². The lowest BCUT2D eigenvalue weighted by molar-refractivity contribution is -0.192. The van der Waals surface area contributed by atoms with Crippen molar-refractivity contribution in [1.29, 1.82) is 0 Å². The Labute approximate surface area is 150 Å². The summed E-state index contributed by atoms with van der Waals surface area (Å²) in [6.45, 7) is 11.9. The van der Waals surface area contributed by atoms with Crippen LogP contribution in [0.1, 0.15) is 54.4 Å². The molecular formula is C19H34O6. The lowest BCUT2D eigenvalue weighted by Gasteiger charge is -2.43. The summed E-state index contributed by atoms with van der Waals surface area (Å²) in [5, 5.41) is 29.7. The molecule has 1 saturated heterocycles. The molecule has 6 heteroatoms. The molecule has 25 heavy (non-hydrogen) atoms. The minimum Gasteiger partial charge on any atom is -0.481 e. The lowest BCUT2D eigenvalue weighted by atomic mass is 9.81. The number of hydrogen-bond donors (Lipinski definition) is 3. The van der Waals surface area contributed by atoms with Gasteiger partial charge in [-0.1, -0.05) is 27.7 Å². The summed E-state index contributed by atoms with van der Waals surface area (Å²) in [5.74, 6) is -1.02. The van der Waals surface area contributed by atoms with Crippen molar-refractivity contribution in [3.05, 3.63) is 0 Å². The molecule has 146 valence electrons. The van der Waals surface area contributed by atoms with Crippen LogP contribution in [0.5, 0.6) is 0 Å². The molecule has 0 radical (unpaired) electrons. The molecule has 1 saturated carbocycles. The molecule has 0 amide bonds. The van der Waals surface area contributed by atoms with Gasteiger partial charge in [0.2, 0.25) is 0 Å². The number of aliphatic hydroxyl groups excluding tert-OH is 1. The third kappa shape index (κ3) is 4.02. The first kappa shape index (κ1) is 20.6. The molecule has 3 N–H and O–H groups in total. The Kier molecular flexibility index (Phi) is 6.19. The van der Waals surface area contributed by atoms with E-state index in [1.165, 1.54) is 0 Å². The van der Waals surface area contributed by atoms with E-state index in [4.69, 9.17) is 14.6 Å². The first-order valence-corrected chi connectivity index (χ1v) is 9.45. The van der Waals surface area contributed by atoms with E-state index >= 15 is 0 Å². The molecule has 0 bridgehead atoms. The highest BCUT2D eigenvalue weighted by Crippen LogP contribution is 2.53. The molecule has 0 spiro atoms. The third-order valence-electron chi connectivity index (χ3n) is 6.58. The van der Waals surface area contributed by atoms with E-state index in [-0.39, 0.29) is 36.6 Å². The van der Waals surface area contributed by atoms with Gasteiger partial charge in [0.25, 0.3) is 0 Å². The fourth-order valence-corrected chi connectivity index (χ4v) is 4.38. The SMILES string of the molecule is CC[C@H]1O[C@H](C)C(C)C(C)[C@@H]1O[C@@H]1[C@H](C(C)[C@@H](O)CC(=O)O)C1(C)O. The molecule has 1 heterocycles. The number of carbonyl (C=O) groups is 1. The van der Waals surface area contributed by atoms with E-state index in [1.54, 1.807) is 13.8 Å². The molecule has 2 fully saturated rings. The van der Waals surface area contributed by atoms with Gasteiger partial charge < -0.3 is 24.8 Å². The van der Waals surface area contributed by atoms with E-state index < -0.39 is 23.8 Å². The number of carboxylic acid groups (broad SMARTS) is 1. The van der Waals surface area contributed by atoms with Crippen LogP contribution in [0.25, 0.3) is 0 Å². The molecule has 0 aromatic rings. The second-order valence-electron chi connectivity index (χ2n) is 8.30. The molecule has 4 unspecified atom stereocenters. The maximum absolute atomic E-state index is 10.8. The first-order chi connectivity index (χ1) is 11.5. The van der Waals surface area contributed by atoms with Gasteiger partial charge in [-0.3, -0.25) is 4.79 Å². The highest BCUT2D eigenvalue weighted by Gasteiger charge is 2.66. The average Bonchev–Trinajstić information content (AvgIpc) is 3.06. The van der Waals surface area contributed by atoms with Crippen LogP contribution in [0.4, 0.5) is 0 Å². The fraction of sp³-hybridized carbons (Fsp3) is 0.947. The van der Waals surface area contributed by atoms with Crippen molar-refractivity contribution in [3.8, 4) is 0 Å². The molecule has 0 aromatic carbocycles. The second kappa shape index (κ2) is 7.51. The van der Waals surface area contributed by atoms with Crippen LogP contribution < -0.4 is 0 Å². The van der Waals surface area contributed by atoms with Gasteiger partial charge in [0, 0.05) is 5.92 Å². The van der Waals surface area contributed by atoms with Crippen LogP contribution in [0, 0.1) is 23.7 Å². The summed E-state index contributed by atoms with van der Waals surface area (Å²) in [6.07, 6.45) is -0.844. The molecule has 6 nitrogen and oxygen atoms in total. The molecule has 1 aliphatic heterocycles. The number of rotatable bonds is 7. The zero-order valence-corrected chi connectivity index (χ0v) is 16.2. The minimum absolute atomic E-state index is 0.0162. The predicted octanol–water partition coefficient (Wildman–Crippen LogP) is 2.06. The quantitative estimate of drug-likeness (QED) is 0.645. The predicted molar refractivity (Wildman–Crippen MR) is 93.2 cm³/mol. The van der Waals surface area contributed by atoms with Crippen molar-refractivity contribution in [1.82, 2.24) is 0 Å². The van der Waals surface area contributed by atoms with Crippen molar-refractivity contribution < 1.29 is 29.6 Å². The Morgan fingerprint density at radius 3 is 2.40 bits per heavy atom. The van der Waals surface area contributed by atoms with Gasteiger partial charge in [-0.05, 0) is 38.0 Å². The fourth-order valence-electron chi connectivity index (χ4n) is 4.38. The summed E-state index contributed by atoms with van der Waals surface area (Å²) in [6, 6.07) is 0. The number of ether oxygens (including phenoxy) is 2. The van der Waals surface area contributed by atoms with Crippen molar-refractivity contribution in [2.45, 2.75) is 90.5 Å². The van der Waals surface area contributed by atoms with Gasteiger partial charge >= 0.3 is 5.97 Å². The molecule has 2 aliphatic rings. The van der Waals surface area contributed by atoms with Crippen molar-refractivity contribution in [2.75, 3.05) is 0 Å². The smallest absolute Gasteiger partial charge is 0.305 e. The molecule has 2 rings (SSSR count). The Morgan fingerprint density at radius 2 is 1.88 bits per heavy atom. The topological polar surface area (TPSA) is 96.2 Å². The molecule has 10 atom stereocenters. The molecule has 0 aromatic heterocycles. The van der Waals surface area contributed by atoms with Crippen LogP contribution in [-0.4, -0.2) is 57.4 Å². The zero-order chi connectivity index (χ0) is 19.1. The highest BCUT2D eigenvalue weighted by atomic mass is 16.6. The summed E-state index contributed by atoms with van der Waals surface area (Å²) in [4.78, 5) is 10.8. The van der Waals surface area contributed by atoms with Crippen LogP contribution in [0.2, 0.25) is 0 Å². The maximum Gasteiger partial charge on any atom is 0.305 e. The van der Waals surface area contributed by atoms with E-state index in [0.717, 1.165) is 6.42 Å². The average molecular weight is 358 g/mol. The van der Waals surface area contributed by atoms with E-state index in [1.807, 2.05) is 0 Å². The molecular weight excluding hydrogens is 324 g/mol. The number of aliphatic carboxylic acids is 1. The van der Waals surface area contributed by atoms with Gasteiger partial charge in [-0.2, -0.15) is 0 Å². The monoisotopic (exact) mass is 358 g/mol. The van der Waals surface area contributed by atoms with Crippen molar-refractivity contribution >= 4 is 5.97 Å². The van der Waals surface area contributed by atoms with E-state index in [9.17, 15) is 15.0 Å². The van der Waals surface area contributed by atoms with Crippen LogP contribution in [-0.2, 0) is 14.3 Å². The number of aliphatic hydroxyl groups is 2. The maximum atomic E-state index is 10.8. The van der Waals surface area contributed by atoms with Gasteiger partial charge in [0.15, 0.2) is 0 Å². The summed E-state index contributed by atoms with van der Waals surface area (Å²) in [5.41, 5.74) is -1.05. The Morgan fingerprint density at radius 1 is 1.28 bits per heavy atom. The zero-order valence-electron chi connectivity index (χ0n) is 16.2. The van der Waals surface area contributed by atoms with E-state index in [0.29, 0.717) is 11.8 Å². The van der Waals surface area contributed by atoms with Crippen molar-refractivity contribution in [3.63, 3.8) is 0 Å². The van der Waals surface area contributed by atoms with E-state index in [2.05, 4.69) is 27.7 Å². The second-order valence-corrected chi connectivity index (χ2v) is 8.30. The third-order valence-corrected chi connectivity index (χ3v) is 6.58. The summed E-state index contributed by atoms with van der Waals surface area (Å²) in [7, 11) is 0. The van der Waals surface area contributed by atoms with Gasteiger partial charge in [-0.25, -0.2) is 0 Å². The van der Waals surface area contributed by atoms with Crippen LogP contribution >= 0.6 is 0 Å². The van der Waals surface area contributed by atoms with Crippen molar-refractivity contribution in [2.24, 2.45) is 23.7 Å². The highest BCUT2D eigenvalue weighted by molar-refractivity contribution is 5.67. The Hall–Kier alpha value is -0.690. The standard InChI is InChI=1S/C19H34O6/c1-7-14-17(10(3)9(2)12(5)24-14)25-18-16(19(18,6)23)11(4)13(20)8-15(21)22/h9-14,16-18,20,23H,7-8H2,1-6H3,(H,21,22)/t9?,10?,11?,12-,13+,14-,16+,17+,18-,19?/m1/s1. The Bertz CT molecular complexity index is 477. The first-order valence-electron chi connectivity index (χ1n) is 9.45. The largest absolute Gasteiger partial charge is 0.481 e. The molecule has 1 aliphatic carbocycles. The Balaban J connectivity index is 2.07. The van der Waals surface area contributed by atoms with Gasteiger partial charge in [0.1, 0.15) is 0 Å². The number of hydrogen-bond acceptors (Lipinski definition) is 5. The normalized spacial score (nSPS) is 46.5. The summed E-state index contributed by atoms with van der Waals surface area (Å²) >= 11 is 0. The van der Waals surface area contributed by atoms with Crippen LogP contribution in [0.15, 0.2) is 0 Å². The van der Waals surface area contributed by atoms with Gasteiger partial charge in [-0.15, -0.1) is 0 Å². The minimum atomic E-state index is -1.05. The number of carboxylic acids is 1. The van der Waals surface area contributed by atoms with Gasteiger partial charge in [0.05, 0.1) is 42.5 Å². The summed E-state index contributed by atoms with van der Waals surface area (Å²) < 4.78 is 12.4.